The predicted molar refractivity (Wildman–Crippen MR) is 146 cm³/mol. The van der Waals surface area contributed by atoms with Gasteiger partial charge in [0.15, 0.2) is 6.04 Å². The molecule has 0 unspecified atom stereocenters. The molecule has 3 aliphatic rings. The van der Waals surface area contributed by atoms with Crippen molar-refractivity contribution in [1.82, 2.24) is 9.80 Å². The van der Waals surface area contributed by atoms with Crippen LogP contribution in [0.1, 0.15) is 65.6 Å². The van der Waals surface area contributed by atoms with Gasteiger partial charge in [0, 0.05) is 31.3 Å². The molecule has 2 aliphatic heterocycles. The fourth-order valence-corrected chi connectivity index (χ4v) is 5.84. The van der Waals surface area contributed by atoms with Crippen molar-refractivity contribution in [2.75, 3.05) is 33.5 Å². The Morgan fingerprint density at radius 3 is 2.41 bits per heavy atom. The van der Waals surface area contributed by atoms with E-state index < -0.39 is 64.7 Å². The molecule has 1 aliphatic carbocycles. The number of benzene rings is 2. The van der Waals surface area contributed by atoms with E-state index in [1.165, 1.54) is 13.2 Å². The third-order valence-electron chi connectivity index (χ3n) is 8.37. The van der Waals surface area contributed by atoms with Gasteiger partial charge in [0.05, 0.1) is 29.4 Å². The molecule has 1 amide bonds. The molecule has 14 heteroatoms. The lowest BCUT2D eigenvalue weighted by atomic mass is 9.93. The number of nitrogens with zero attached hydrogens (tertiary/aromatic N) is 2. The minimum atomic E-state index is -4.70. The fraction of sp³-hybridized carbons (Fsp3) is 0.533. The number of hydrogen-bond donors (Lipinski definition) is 0. The number of amides is 1. The van der Waals surface area contributed by atoms with Gasteiger partial charge in [0.2, 0.25) is 0 Å². The molecular formula is C30H31ClF6N2O5. The summed E-state index contributed by atoms with van der Waals surface area (Å²) >= 11 is 5.69. The predicted octanol–water partition coefficient (Wildman–Crippen LogP) is 6.26. The number of carbonyl (C=O) groups is 2. The molecule has 0 aromatic heterocycles. The maximum atomic E-state index is 15.8. The first-order valence-corrected chi connectivity index (χ1v) is 14.5. The van der Waals surface area contributed by atoms with Crippen LogP contribution in [0.25, 0.3) is 0 Å². The Morgan fingerprint density at radius 1 is 1.11 bits per heavy atom. The molecule has 2 heterocycles. The summed E-state index contributed by atoms with van der Waals surface area (Å²) in [6.45, 7) is 1.01. The molecule has 2 atom stereocenters. The van der Waals surface area contributed by atoms with Gasteiger partial charge in [0.1, 0.15) is 36.4 Å². The molecule has 2 aromatic rings. The van der Waals surface area contributed by atoms with Gasteiger partial charge in [-0.15, -0.1) is 0 Å². The van der Waals surface area contributed by atoms with Gasteiger partial charge in [-0.3, -0.25) is 14.6 Å². The minimum absolute atomic E-state index is 0.00565. The van der Waals surface area contributed by atoms with Crippen LogP contribution in [0.4, 0.5) is 26.3 Å². The van der Waals surface area contributed by atoms with E-state index in [2.05, 4.69) is 0 Å². The zero-order valence-electron chi connectivity index (χ0n) is 24.0. The van der Waals surface area contributed by atoms with Crippen LogP contribution in [-0.2, 0) is 27.0 Å². The first kappa shape index (κ1) is 32.4. The molecule has 0 bridgehead atoms. The van der Waals surface area contributed by atoms with Gasteiger partial charge >= 0.3 is 12.1 Å². The third-order valence-corrected chi connectivity index (χ3v) is 8.65. The van der Waals surface area contributed by atoms with Crippen LogP contribution in [-0.4, -0.2) is 73.0 Å². The molecule has 5 rings (SSSR count). The van der Waals surface area contributed by atoms with Crippen LogP contribution in [0.2, 0.25) is 5.02 Å². The highest BCUT2D eigenvalue weighted by Crippen LogP contribution is 2.46. The van der Waals surface area contributed by atoms with E-state index in [0.717, 1.165) is 23.8 Å². The maximum Gasteiger partial charge on any atom is 0.416 e. The minimum Gasteiger partial charge on any atom is -0.490 e. The number of ether oxygens (including phenoxy) is 3. The van der Waals surface area contributed by atoms with Crippen LogP contribution in [0.15, 0.2) is 24.3 Å². The number of likely N-dealkylation sites (tertiary alicyclic amines) is 1. The molecule has 3 fully saturated rings. The SMILES string of the molecule is COC(=O)[C@@H]1[C@@H](C)OCN1C(=O)c1cc(C2CC2)c(OCC2(F)CCN(Cc3cc(C(F)(F)F)cc(Cl)c3F)CC2)cc1F. The number of esters is 1. The van der Waals surface area contributed by atoms with Crippen molar-refractivity contribution < 1.29 is 50.1 Å². The van der Waals surface area contributed by atoms with Gasteiger partial charge in [-0.2, -0.15) is 13.2 Å². The molecule has 2 aromatic carbocycles. The average Bonchev–Trinajstić information content (AvgIpc) is 3.75. The van der Waals surface area contributed by atoms with Crippen LogP contribution in [0, 0.1) is 11.6 Å². The molecule has 1 saturated carbocycles. The Hall–Kier alpha value is -3.03. The highest BCUT2D eigenvalue weighted by Gasteiger charge is 2.43. The highest BCUT2D eigenvalue weighted by molar-refractivity contribution is 6.30. The summed E-state index contributed by atoms with van der Waals surface area (Å²) < 4.78 is 101. The average molecular weight is 649 g/mol. The van der Waals surface area contributed by atoms with Gasteiger partial charge in [-0.05, 0) is 62.3 Å². The Bertz CT molecular complexity index is 1430. The van der Waals surface area contributed by atoms with E-state index in [1.54, 1.807) is 11.8 Å². The second-order valence-corrected chi connectivity index (χ2v) is 11.9. The van der Waals surface area contributed by atoms with Gasteiger partial charge < -0.3 is 14.2 Å². The van der Waals surface area contributed by atoms with Crippen molar-refractivity contribution in [2.24, 2.45) is 0 Å². The zero-order valence-corrected chi connectivity index (χ0v) is 24.7. The molecule has 2 saturated heterocycles. The molecule has 240 valence electrons. The zero-order chi connectivity index (χ0) is 32.0. The normalized spacial score (nSPS) is 22.2. The Morgan fingerprint density at radius 2 is 1.80 bits per heavy atom. The summed E-state index contributed by atoms with van der Waals surface area (Å²) in [5, 5.41) is -0.641. The highest BCUT2D eigenvalue weighted by atomic mass is 35.5. The second kappa shape index (κ2) is 12.4. The Kier molecular flexibility index (Phi) is 9.12. The van der Waals surface area contributed by atoms with Crippen molar-refractivity contribution >= 4 is 23.5 Å². The summed E-state index contributed by atoms with van der Waals surface area (Å²) in [7, 11) is 1.18. The van der Waals surface area contributed by atoms with E-state index in [4.69, 9.17) is 25.8 Å². The Labute approximate surface area is 255 Å². The van der Waals surface area contributed by atoms with Gasteiger partial charge in [-0.1, -0.05) is 11.6 Å². The lowest BCUT2D eigenvalue weighted by Crippen LogP contribution is -2.45. The summed E-state index contributed by atoms with van der Waals surface area (Å²) in [6.07, 6.45) is -3.90. The summed E-state index contributed by atoms with van der Waals surface area (Å²) in [4.78, 5) is 28.3. The van der Waals surface area contributed by atoms with Crippen molar-refractivity contribution in [2.45, 2.75) is 69.1 Å². The van der Waals surface area contributed by atoms with E-state index in [9.17, 15) is 27.2 Å². The topological polar surface area (TPSA) is 68.3 Å². The second-order valence-electron chi connectivity index (χ2n) is 11.5. The van der Waals surface area contributed by atoms with Crippen molar-refractivity contribution in [3.63, 3.8) is 0 Å². The molecule has 0 radical (unpaired) electrons. The number of carbonyl (C=O) groups excluding carboxylic acids is 2. The lowest BCUT2D eigenvalue weighted by Gasteiger charge is -2.36. The van der Waals surface area contributed by atoms with E-state index in [0.29, 0.717) is 17.7 Å². The molecule has 0 N–H and O–H groups in total. The number of alkyl halides is 4. The number of rotatable bonds is 8. The van der Waals surface area contributed by atoms with E-state index >= 15 is 8.78 Å². The molecule has 0 spiro atoms. The van der Waals surface area contributed by atoms with Crippen LogP contribution in [0.5, 0.6) is 5.75 Å². The summed E-state index contributed by atoms with van der Waals surface area (Å²) in [6, 6.07) is 2.63. The largest absolute Gasteiger partial charge is 0.490 e. The first-order valence-electron chi connectivity index (χ1n) is 14.1. The summed E-state index contributed by atoms with van der Waals surface area (Å²) in [5.74, 6) is -3.19. The van der Waals surface area contributed by atoms with Gasteiger partial charge in [-0.25, -0.2) is 18.0 Å². The smallest absolute Gasteiger partial charge is 0.416 e. The number of methoxy groups -OCH3 is 1. The van der Waals surface area contributed by atoms with E-state index in [-0.39, 0.29) is 62.0 Å². The van der Waals surface area contributed by atoms with Crippen LogP contribution in [0.3, 0.4) is 0 Å². The third kappa shape index (κ3) is 6.79. The van der Waals surface area contributed by atoms with Crippen molar-refractivity contribution in [3.05, 3.63) is 63.2 Å². The first-order chi connectivity index (χ1) is 20.7. The van der Waals surface area contributed by atoms with Crippen molar-refractivity contribution in [1.29, 1.82) is 0 Å². The molecule has 7 nitrogen and oxygen atoms in total. The number of hydrogen-bond acceptors (Lipinski definition) is 6. The quantitative estimate of drug-likeness (QED) is 0.249. The standard InChI is InChI=1S/C30H31ClF6N2O5/c1-16-26(28(41)42-2)39(15-44-16)27(40)21-11-20(17-3-4-17)24(12-23(21)32)43-14-29(34)5-7-38(8-6-29)13-18-9-19(30(35,36)37)10-22(31)25(18)33/h9-12,16-17,26H,3-8,13-15H2,1-2H3/t16-,26+/m1/s1. The fourth-order valence-electron chi connectivity index (χ4n) is 5.60. The van der Waals surface area contributed by atoms with E-state index in [1.807, 2.05) is 0 Å². The Balaban J connectivity index is 1.25. The molecule has 44 heavy (non-hydrogen) atoms. The van der Waals surface area contributed by atoms with Gasteiger partial charge in [0.25, 0.3) is 5.91 Å². The van der Waals surface area contributed by atoms with Crippen LogP contribution < -0.4 is 4.74 Å². The summed E-state index contributed by atoms with van der Waals surface area (Å²) in [5.41, 5.74) is -2.85. The lowest BCUT2D eigenvalue weighted by molar-refractivity contribution is -0.145. The van der Waals surface area contributed by atoms with Crippen molar-refractivity contribution in [3.8, 4) is 5.75 Å². The monoisotopic (exact) mass is 648 g/mol. The van der Waals surface area contributed by atoms with Crippen LogP contribution >= 0.6 is 11.6 Å². The maximum absolute atomic E-state index is 15.8. The number of piperidine rings is 1. The molecular weight excluding hydrogens is 618 g/mol. The number of halogens is 7.